The average molecular weight is 400 g/mol. The number of hydrogen-bond donors (Lipinski definition) is 1. The van der Waals surface area contributed by atoms with Crippen molar-refractivity contribution in [2.24, 2.45) is 0 Å². The number of carbonyl (C=O) groups is 1. The van der Waals surface area contributed by atoms with Crippen LogP contribution >= 0.6 is 0 Å². The number of unbranched alkanes of at least 4 members (excludes halogenated alkanes) is 5. The van der Waals surface area contributed by atoms with Crippen LogP contribution in [0.3, 0.4) is 0 Å². The number of nitrogens with one attached hydrogen (secondary N) is 1. The summed E-state index contributed by atoms with van der Waals surface area (Å²) in [6.45, 7) is 2.78. The van der Waals surface area contributed by atoms with E-state index in [0.29, 0.717) is 0 Å². The molecule has 3 aromatic rings. The monoisotopic (exact) mass is 399 g/mol. The molecule has 1 N–H and O–H groups in total. The van der Waals surface area contributed by atoms with E-state index >= 15 is 0 Å². The number of aryl methyl sites for hydroxylation is 1. The predicted octanol–water partition coefficient (Wildman–Crippen LogP) is 6.98. The molecule has 0 atom stereocenters. The lowest BCUT2D eigenvalue weighted by molar-refractivity contribution is 0.0952. The van der Waals surface area contributed by atoms with Gasteiger partial charge >= 0.3 is 0 Å². The van der Waals surface area contributed by atoms with E-state index in [1.54, 1.807) is 0 Å². The SMILES string of the molecule is Cc1c(C(=O)NCCCCCCCCc2ccccc2)cccc1-c1ccccc1. The fourth-order valence-electron chi connectivity index (χ4n) is 3.92. The highest BCUT2D eigenvalue weighted by atomic mass is 16.1. The number of amides is 1. The summed E-state index contributed by atoms with van der Waals surface area (Å²) in [6.07, 6.45) is 8.46. The fraction of sp³-hybridized carbons (Fsp3) is 0.321. The molecule has 0 fully saturated rings. The van der Waals surface area contributed by atoms with E-state index in [1.807, 2.05) is 37.3 Å². The van der Waals surface area contributed by atoms with E-state index < -0.39 is 0 Å². The van der Waals surface area contributed by atoms with Crippen molar-refractivity contribution >= 4 is 5.91 Å². The Morgan fingerprint density at radius 1 is 0.700 bits per heavy atom. The largest absolute Gasteiger partial charge is 0.352 e. The van der Waals surface area contributed by atoms with E-state index in [-0.39, 0.29) is 5.91 Å². The van der Waals surface area contributed by atoms with Crippen LogP contribution in [0.4, 0.5) is 0 Å². The van der Waals surface area contributed by atoms with Crippen molar-refractivity contribution in [1.82, 2.24) is 5.32 Å². The maximum absolute atomic E-state index is 12.6. The highest BCUT2D eigenvalue weighted by Gasteiger charge is 2.12. The molecule has 2 heteroatoms. The predicted molar refractivity (Wildman–Crippen MR) is 127 cm³/mol. The van der Waals surface area contributed by atoms with E-state index in [2.05, 4.69) is 53.8 Å². The molecule has 0 saturated heterocycles. The molecule has 156 valence electrons. The maximum atomic E-state index is 12.6. The van der Waals surface area contributed by atoms with Gasteiger partial charge in [-0.3, -0.25) is 4.79 Å². The number of benzene rings is 3. The Labute approximate surface area is 181 Å². The summed E-state index contributed by atoms with van der Waals surface area (Å²) in [4.78, 5) is 12.6. The van der Waals surface area contributed by atoms with Crippen LogP contribution in [0.1, 0.15) is 60.0 Å². The van der Waals surface area contributed by atoms with Gasteiger partial charge < -0.3 is 5.32 Å². The third-order valence-corrected chi connectivity index (χ3v) is 5.68. The van der Waals surface area contributed by atoms with Crippen molar-refractivity contribution in [1.29, 1.82) is 0 Å². The lowest BCUT2D eigenvalue weighted by atomic mass is 9.96. The molecule has 1 amide bonds. The molecule has 0 aliphatic heterocycles. The first-order valence-corrected chi connectivity index (χ1v) is 11.2. The van der Waals surface area contributed by atoms with Gasteiger partial charge in [0.05, 0.1) is 0 Å². The van der Waals surface area contributed by atoms with Gasteiger partial charge in [0.25, 0.3) is 5.91 Å². The zero-order valence-electron chi connectivity index (χ0n) is 18.1. The Morgan fingerprint density at radius 2 is 1.33 bits per heavy atom. The maximum Gasteiger partial charge on any atom is 0.251 e. The minimum atomic E-state index is 0.0353. The molecule has 3 aromatic carbocycles. The lowest BCUT2D eigenvalue weighted by Crippen LogP contribution is -2.25. The van der Waals surface area contributed by atoms with Gasteiger partial charge in [-0.2, -0.15) is 0 Å². The Hall–Kier alpha value is -2.87. The van der Waals surface area contributed by atoms with Gasteiger partial charge in [0.1, 0.15) is 0 Å². The summed E-state index contributed by atoms with van der Waals surface area (Å²) in [6, 6.07) is 26.9. The van der Waals surface area contributed by atoms with E-state index in [4.69, 9.17) is 0 Å². The van der Waals surface area contributed by atoms with Gasteiger partial charge in [0, 0.05) is 12.1 Å². The summed E-state index contributed by atoms with van der Waals surface area (Å²) in [5.74, 6) is 0.0353. The molecule has 0 aliphatic carbocycles. The molecule has 0 aliphatic rings. The molecule has 0 unspecified atom stereocenters. The molecule has 2 nitrogen and oxygen atoms in total. The first-order valence-electron chi connectivity index (χ1n) is 11.2. The number of hydrogen-bond acceptors (Lipinski definition) is 1. The van der Waals surface area contributed by atoms with Gasteiger partial charge in [-0.25, -0.2) is 0 Å². The second-order valence-corrected chi connectivity index (χ2v) is 7.96. The van der Waals surface area contributed by atoms with Crippen molar-refractivity contribution in [3.63, 3.8) is 0 Å². The highest BCUT2D eigenvalue weighted by molar-refractivity contribution is 5.97. The highest BCUT2D eigenvalue weighted by Crippen LogP contribution is 2.25. The topological polar surface area (TPSA) is 29.1 Å². The van der Waals surface area contributed by atoms with Gasteiger partial charge in [-0.05, 0) is 54.5 Å². The smallest absolute Gasteiger partial charge is 0.251 e. The van der Waals surface area contributed by atoms with Crippen LogP contribution in [-0.4, -0.2) is 12.5 Å². The Bertz CT molecular complexity index is 902. The first kappa shape index (κ1) is 21.8. The summed E-state index contributed by atoms with van der Waals surface area (Å²) in [7, 11) is 0. The van der Waals surface area contributed by atoms with Crippen molar-refractivity contribution in [3.8, 4) is 11.1 Å². The van der Waals surface area contributed by atoms with Crippen molar-refractivity contribution in [3.05, 3.63) is 95.6 Å². The zero-order chi connectivity index (χ0) is 21.0. The second kappa shape index (κ2) is 12.0. The first-order chi connectivity index (χ1) is 14.8. The van der Waals surface area contributed by atoms with E-state index in [9.17, 15) is 4.79 Å². The van der Waals surface area contributed by atoms with Crippen LogP contribution in [0.15, 0.2) is 78.9 Å². The fourth-order valence-corrected chi connectivity index (χ4v) is 3.92. The number of carbonyl (C=O) groups excluding carboxylic acids is 1. The molecule has 30 heavy (non-hydrogen) atoms. The van der Waals surface area contributed by atoms with Crippen LogP contribution in [-0.2, 0) is 6.42 Å². The van der Waals surface area contributed by atoms with E-state index in [0.717, 1.165) is 35.2 Å². The molecule has 0 radical (unpaired) electrons. The summed E-state index contributed by atoms with van der Waals surface area (Å²) in [5.41, 5.74) is 5.53. The molecule has 0 bridgehead atoms. The molecule has 0 heterocycles. The van der Waals surface area contributed by atoms with Gasteiger partial charge in [0.15, 0.2) is 0 Å². The third-order valence-electron chi connectivity index (χ3n) is 5.68. The molecule has 3 rings (SSSR count). The average Bonchev–Trinajstić information content (AvgIpc) is 2.79. The molecule has 0 spiro atoms. The molecular weight excluding hydrogens is 366 g/mol. The van der Waals surface area contributed by atoms with Gasteiger partial charge in [0.2, 0.25) is 0 Å². The molecular formula is C28H33NO. The minimum absolute atomic E-state index is 0.0353. The Morgan fingerprint density at radius 3 is 2.07 bits per heavy atom. The Kier molecular flexibility index (Phi) is 8.71. The van der Waals surface area contributed by atoms with Crippen LogP contribution in [0.2, 0.25) is 0 Å². The summed E-state index contributed by atoms with van der Waals surface area (Å²) < 4.78 is 0. The van der Waals surface area contributed by atoms with Gasteiger partial charge in [-0.1, -0.05) is 98.5 Å². The van der Waals surface area contributed by atoms with E-state index in [1.165, 1.54) is 44.1 Å². The van der Waals surface area contributed by atoms with Crippen LogP contribution in [0.5, 0.6) is 0 Å². The summed E-state index contributed by atoms with van der Waals surface area (Å²) in [5, 5.41) is 3.10. The lowest BCUT2D eigenvalue weighted by Gasteiger charge is -2.12. The summed E-state index contributed by atoms with van der Waals surface area (Å²) >= 11 is 0. The quantitative estimate of drug-likeness (QED) is 0.346. The minimum Gasteiger partial charge on any atom is -0.352 e. The zero-order valence-corrected chi connectivity index (χ0v) is 18.1. The van der Waals surface area contributed by atoms with Crippen LogP contribution in [0, 0.1) is 6.92 Å². The van der Waals surface area contributed by atoms with Crippen molar-refractivity contribution in [2.45, 2.75) is 51.9 Å². The second-order valence-electron chi connectivity index (χ2n) is 7.96. The van der Waals surface area contributed by atoms with Crippen LogP contribution < -0.4 is 5.32 Å². The van der Waals surface area contributed by atoms with Gasteiger partial charge in [-0.15, -0.1) is 0 Å². The normalized spacial score (nSPS) is 10.7. The standard InChI is InChI=1S/C28H33NO/c1-23-26(25-18-11-7-12-19-25)20-14-21-27(23)28(30)29-22-13-5-3-2-4-8-15-24-16-9-6-10-17-24/h6-7,9-12,14,16-21H,2-5,8,13,15,22H2,1H3,(H,29,30). The molecule has 0 aromatic heterocycles. The van der Waals surface area contributed by atoms with Crippen molar-refractivity contribution in [2.75, 3.05) is 6.54 Å². The number of rotatable bonds is 11. The molecule has 0 saturated carbocycles. The Balaban J connectivity index is 1.33. The van der Waals surface area contributed by atoms with Crippen LogP contribution in [0.25, 0.3) is 11.1 Å². The third kappa shape index (κ3) is 6.59. The van der Waals surface area contributed by atoms with Crippen molar-refractivity contribution < 1.29 is 4.79 Å².